The summed E-state index contributed by atoms with van der Waals surface area (Å²) in [4.78, 5) is 10.4. The molecular weight excluding hydrogens is 208 g/mol. The zero-order valence-corrected chi connectivity index (χ0v) is 9.69. The average molecular weight is 224 g/mol. The van der Waals surface area contributed by atoms with Crippen LogP contribution in [0, 0.1) is 10.1 Å². The highest BCUT2D eigenvalue weighted by Gasteiger charge is 2.21. The summed E-state index contributed by atoms with van der Waals surface area (Å²) in [5, 5.41) is 13.9. The fourth-order valence-corrected chi connectivity index (χ4v) is 1.50. The van der Waals surface area contributed by atoms with Crippen molar-refractivity contribution >= 4 is 11.4 Å². The smallest absolute Gasteiger partial charge is 0.292 e. The van der Waals surface area contributed by atoms with Crippen LogP contribution in [0.5, 0.6) is 0 Å². The Bertz CT molecular complexity index is 377. The molecule has 1 aromatic carbocycles. The van der Waals surface area contributed by atoms with Gasteiger partial charge in [-0.1, -0.05) is 12.1 Å². The SMILES string of the molecule is COCC(C)(C)Nc1ccccc1[N+](=O)[O-]. The topological polar surface area (TPSA) is 64.4 Å². The molecule has 0 fully saturated rings. The van der Waals surface area contributed by atoms with Crippen LogP contribution < -0.4 is 5.32 Å². The predicted octanol–water partition coefficient (Wildman–Crippen LogP) is 2.43. The minimum absolute atomic E-state index is 0.0756. The van der Waals surface area contributed by atoms with Crippen LogP contribution in [0.2, 0.25) is 0 Å². The second-order valence-corrected chi connectivity index (χ2v) is 4.22. The number of ether oxygens (including phenoxy) is 1. The Morgan fingerprint density at radius 2 is 2.06 bits per heavy atom. The lowest BCUT2D eigenvalue weighted by atomic mass is 10.1. The van der Waals surface area contributed by atoms with Gasteiger partial charge in [0.1, 0.15) is 5.69 Å². The van der Waals surface area contributed by atoms with Crippen LogP contribution in [0.25, 0.3) is 0 Å². The maximum absolute atomic E-state index is 10.8. The molecule has 0 bridgehead atoms. The number of hydrogen-bond donors (Lipinski definition) is 1. The van der Waals surface area contributed by atoms with Crippen LogP contribution in [0.15, 0.2) is 24.3 Å². The van der Waals surface area contributed by atoms with Crippen molar-refractivity contribution in [2.75, 3.05) is 19.0 Å². The van der Waals surface area contributed by atoms with E-state index in [4.69, 9.17) is 4.74 Å². The molecule has 1 rings (SSSR count). The first-order valence-electron chi connectivity index (χ1n) is 4.97. The van der Waals surface area contributed by atoms with Crippen LogP contribution in [-0.2, 0) is 4.74 Å². The molecule has 0 spiro atoms. The molecule has 5 heteroatoms. The minimum atomic E-state index is -0.398. The Hall–Kier alpha value is -1.62. The fraction of sp³-hybridized carbons (Fsp3) is 0.455. The van der Waals surface area contributed by atoms with E-state index in [9.17, 15) is 10.1 Å². The Morgan fingerprint density at radius 1 is 1.44 bits per heavy atom. The van der Waals surface area contributed by atoms with E-state index in [0.29, 0.717) is 12.3 Å². The zero-order valence-electron chi connectivity index (χ0n) is 9.69. The van der Waals surface area contributed by atoms with Gasteiger partial charge < -0.3 is 10.1 Å². The highest BCUT2D eigenvalue weighted by Crippen LogP contribution is 2.26. The Balaban J connectivity index is 2.92. The predicted molar refractivity (Wildman–Crippen MR) is 62.7 cm³/mol. The maximum atomic E-state index is 10.8. The summed E-state index contributed by atoms with van der Waals surface area (Å²) < 4.78 is 5.05. The van der Waals surface area contributed by atoms with Crippen molar-refractivity contribution < 1.29 is 9.66 Å². The fourth-order valence-electron chi connectivity index (χ4n) is 1.50. The number of nitrogens with zero attached hydrogens (tertiary/aromatic N) is 1. The van der Waals surface area contributed by atoms with Crippen LogP contribution in [-0.4, -0.2) is 24.2 Å². The zero-order chi connectivity index (χ0) is 12.2. The van der Waals surface area contributed by atoms with Crippen molar-refractivity contribution in [2.24, 2.45) is 0 Å². The number of nitro benzene ring substituents is 1. The Morgan fingerprint density at radius 3 is 2.62 bits per heavy atom. The highest BCUT2D eigenvalue weighted by molar-refractivity contribution is 5.62. The third-order valence-corrected chi connectivity index (χ3v) is 2.08. The van der Waals surface area contributed by atoms with Gasteiger partial charge in [-0.2, -0.15) is 0 Å². The highest BCUT2D eigenvalue weighted by atomic mass is 16.6. The number of para-hydroxylation sites is 2. The number of anilines is 1. The largest absolute Gasteiger partial charge is 0.382 e. The van der Waals surface area contributed by atoms with Gasteiger partial charge in [0.15, 0.2) is 0 Å². The molecule has 88 valence electrons. The van der Waals surface area contributed by atoms with Gasteiger partial charge in [0.2, 0.25) is 0 Å². The Kier molecular flexibility index (Phi) is 3.84. The van der Waals surface area contributed by atoms with Gasteiger partial charge >= 0.3 is 0 Å². The van der Waals surface area contributed by atoms with Crippen molar-refractivity contribution in [3.05, 3.63) is 34.4 Å². The van der Waals surface area contributed by atoms with E-state index in [1.165, 1.54) is 6.07 Å². The third-order valence-electron chi connectivity index (χ3n) is 2.08. The van der Waals surface area contributed by atoms with Gasteiger partial charge in [-0.25, -0.2) is 0 Å². The molecule has 0 aliphatic heterocycles. The van der Waals surface area contributed by atoms with E-state index in [-0.39, 0.29) is 11.2 Å². The first kappa shape index (κ1) is 12.4. The van der Waals surface area contributed by atoms with Crippen LogP contribution in [0.4, 0.5) is 11.4 Å². The standard InChI is InChI=1S/C11H16N2O3/c1-11(2,8-16-3)12-9-6-4-5-7-10(9)13(14)15/h4-7,12H,8H2,1-3H3. The lowest BCUT2D eigenvalue weighted by molar-refractivity contribution is -0.384. The number of nitrogens with one attached hydrogen (secondary N) is 1. The number of hydrogen-bond acceptors (Lipinski definition) is 4. The number of benzene rings is 1. The molecule has 0 atom stereocenters. The van der Waals surface area contributed by atoms with E-state index < -0.39 is 4.92 Å². The summed E-state index contributed by atoms with van der Waals surface area (Å²) in [5.74, 6) is 0. The molecule has 0 unspecified atom stereocenters. The molecule has 0 saturated carbocycles. The average Bonchev–Trinajstić information content (AvgIpc) is 2.17. The van der Waals surface area contributed by atoms with Gasteiger partial charge in [-0.05, 0) is 19.9 Å². The molecule has 0 aliphatic carbocycles. The molecule has 16 heavy (non-hydrogen) atoms. The van der Waals surface area contributed by atoms with Gasteiger partial charge in [0.25, 0.3) is 5.69 Å². The van der Waals surface area contributed by atoms with Gasteiger partial charge in [0.05, 0.1) is 17.1 Å². The molecule has 1 N–H and O–H groups in total. The molecule has 5 nitrogen and oxygen atoms in total. The lowest BCUT2D eigenvalue weighted by Gasteiger charge is -2.26. The maximum Gasteiger partial charge on any atom is 0.292 e. The summed E-state index contributed by atoms with van der Waals surface area (Å²) in [5.41, 5.74) is 0.238. The second-order valence-electron chi connectivity index (χ2n) is 4.22. The van der Waals surface area contributed by atoms with E-state index in [2.05, 4.69) is 5.32 Å². The summed E-state index contributed by atoms with van der Waals surface area (Å²) in [6, 6.07) is 6.58. The van der Waals surface area contributed by atoms with Gasteiger partial charge in [-0.3, -0.25) is 10.1 Å². The van der Waals surface area contributed by atoms with E-state index in [0.717, 1.165) is 0 Å². The Labute approximate surface area is 94.6 Å². The molecule has 0 amide bonds. The van der Waals surface area contributed by atoms with E-state index in [1.807, 2.05) is 13.8 Å². The van der Waals surface area contributed by atoms with Crippen molar-refractivity contribution in [1.82, 2.24) is 0 Å². The van der Waals surface area contributed by atoms with Crippen molar-refractivity contribution in [1.29, 1.82) is 0 Å². The van der Waals surface area contributed by atoms with Crippen molar-refractivity contribution in [2.45, 2.75) is 19.4 Å². The van der Waals surface area contributed by atoms with Crippen molar-refractivity contribution in [3.63, 3.8) is 0 Å². The number of methoxy groups -OCH3 is 1. The quantitative estimate of drug-likeness (QED) is 0.616. The first-order valence-corrected chi connectivity index (χ1v) is 4.97. The van der Waals surface area contributed by atoms with Crippen LogP contribution >= 0.6 is 0 Å². The van der Waals surface area contributed by atoms with Gasteiger partial charge in [-0.15, -0.1) is 0 Å². The molecule has 0 saturated heterocycles. The molecular formula is C11H16N2O3. The molecule has 0 heterocycles. The summed E-state index contributed by atoms with van der Waals surface area (Å²) in [6.45, 7) is 4.32. The van der Waals surface area contributed by atoms with E-state index in [1.54, 1.807) is 25.3 Å². The van der Waals surface area contributed by atoms with Crippen LogP contribution in [0.1, 0.15) is 13.8 Å². The summed E-state index contributed by atoms with van der Waals surface area (Å²) in [7, 11) is 1.60. The lowest BCUT2D eigenvalue weighted by Crippen LogP contribution is -2.36. The molecule has 1 aromatic rings. The third kappa shape index (κ3) is 3.20. The van der Waals surface area contributed by atoms with Crippen LogP contribution in [0.3, 0.4) is 0 Å². The number of rotatable bonds is 5. The minimum Gasteiger partial charge on any atom is -0.382 e. The van der Waals surface area contributed by atoms with Crippen molar-refractivity contribution in [3.8, 4) is 0 Å². The normalized spacial score (nSPS) is 11.2. The van der Waals surface area contributed by atoms with E-state index >= 15 is 0 Å². The second kappa shape index (κ2) is 4.94. The monoisotopic (exact) mass is 224 g/mol. The molecule has 0 aliphatic rings. The molecule has 0 aromatic heterocycles. The summed E-state index contributed by atoms with van der Waals surface area (Å²) >= 11 is 0. The first-order chi connectivity index (χ1) is 7.46. The number of nitro groups is 1. The van der Waals surface area contributed by atoms with Gasteiger partial charge in [0, 0.05) is 13.2 Å². The summed E-state index contributed by atoms with van der Waals surface area (Å²) in [6.07, 6.45) is 0. The molecule has 0 radical (unpaired) electrons.